The standard InChI is InChI=1S/C17H32O/c1-11(2)14-7-8-17(18)16(10-14)15-6-5-12(3)13(4)9-15/h11-18H,5-10H2,1-4H3. The van der Waals surface area contributed by atoms with E-state index in [1.165, 1.54) is 32.1 Å². The summed E-state index contributed by atoms with van der Waals surface area (Å²) in [4.78, 5) is 0. The minimum atomic E-state index is -0.00870. The number of aliphatic hydroxyl groups excluding tert-OH is 1. The maximum Gasteiger partial charge on any atom is 0.0571 e. The molecular formula is C17H32O. The number of hydrogen-bond acceptors (Lipinski definition) is 1. The van der Waals surface area contributed by atoms with Crippen molar-refractivity contribution >= 4 is 0 Å². The van der Waals surface area contributed by atoms with Crippen molar-refractivity contribution in [3.63, 3.8) is 0 Å². The maximum absolute atomic E-state index is 10.4. The normalized spacial score (nSPS) is 46.3. The van der Waals surface area contributed by atoms with Gasteiger partial charge in [-0.3, -0.25) is 0 Å². The molecule has 0 heterocycles. The van der Waals surface area contributed by atoms with Crippen LogP contribution in [0.4, 0.5) is 0 Å². The summed E-state index contributed by atoms with van der Waals surface area (Å²) in [5, 5.41) is 10.4. The molecule has 0 aliphatic heterocycles. The minimum absolute atomic E-state index is 0.00870. The summed E-state index contributed by atoms with van der Waals surface area (Å²) in [6.45, 7) is 9.51. The van der Waals surface area contributed by atoms with E-state index in [1.807, 2.05) is 0 Å². The number of aliphatic hydroxyl groups is 1. The van der Waals surface area contributed by atoms with Gasteiger partial charge in [0, 0.05) is 0 Å². The predicted molar refractivity (Wildman–Crippen MR) is 77.3 cm³/mol. The Bertz CT molecular complexity index is 260. The molecule has 0 aromatic rings. The first-order chi connectivity index (χ1) is 8.49. The fourth-order valence-corrected chi connectivity index (χ4v) is 4.31. The number of hydrogen-bond donors (Lipinski definition) is 1. The second kappa shape index (κ2) is 5.94. The van der Waals surface area contributed by atoms with Gasteiger partial charge in [0.25, 0.3) is 0 Å². The molecule has 1 nitrogen and oxygen atoms in total. The second-order valence-corrected chi connectivity index (χ2v) is 7.58. The summed E-state index contributed by atoms with van der Waals surface area (Å²) >= 11 is 0. The summed E-state index contributed by atoms with van der Waals surface area (Å²) in [5.41, 5.74) is 0. The highest BCUT2D eigenvalue weighted by atomic mass is 16.3. The van der Waals surface area contributed by atoms with Gasteiger partial charge >= 0.3 is 0 Å². The van der Waals surface area contributed by atoms with E-state index in [0.717, 1.165) is 36.0 Å². The highest BCUT2D eigenvalue weighted by Crippen LogP contribution is 2.44. The van der Waals surface area contributed by atoms with Crippen LogP contribution >= 0.6 is 0 Å². The molecule has 0 aromatic carbocycles. The van der Waals surface area contributed by atoms with Crippen molar-refractivity contribution in [2.45, 2.75) is 72.3 Å². The molecule has 2 saturated carbocycles. The molecule has 0 amide bonds. The van der Waals surface area contributed by atoms with E-state index in [4.69, 9.17) is 0 Å². The molecule has 6 unspecified atom stereocenters. The van der Waals surface area contributed by atoms with Crippen molar-refractivity contribution in [2.24, 2.45) is 35.5 Å². The Morgan fingerprint density at radius 3 is 2.22 bits per heavy atom. The second-order valence-electron chi connectivity index (χ2n) is 7.58. The van der Waals surface area contributed by atoms with Crippen LogP contribution in [0.25, 0.3) is 0 Å². The fourth-order valence-electron chi connectivity index (χ4n) is 4.31. The Kier molecular flexibility index (Phi) is 4.75. The highest BCUT2D eigenvalue weighted by Gasteiger charge is 2.38. The number of rotatable bonds is 2. The zero-order valence-electron chi connectivity index (χ0n) is 12.7. The van der Waals surface area contributed by atoms with Gasteiger partial charge < -0.3 is 5.11 Å². The summed E-state index contributed by atoms with van der Waals surface area (Å²) in [6, 6.07) is 0. The largest absolute Gasteiger partial charge is 0.393 e. The van der Waals surface area contributed by atoms with E-state index in [2.05, 4.69) is 27.7 Å². The van der Waals surface area contributed by atoms with Gasteiger partial charge in [-0.1, -0.05) is 34.1 Å². The molecule has 0 bridgehead atoms. The monoisotopic (exact) mass is 252 g/mol. The van der Waals surface area contributed by atoms with Gasteiger partial charge in [-0.05, 0) is 67.6 Å². The van der Waals surface area contributed by atoms with Gasteiger partial charge in [-0.15, -0.1) is 0 Å². The molecule has 2 fully saturated rings. The Balaban J connectivity index is 1.97. The van der Waals surface area contributed by atoms with Crippen molar-refractivity contribution in [3.8, 4) is 0 Å². The lowest BCUT2D eigenvalue weighted by molar-refractivity contribution is -0.0121. The van der Waals surface area contributed by atoms with Crippen molar-refractivity contribution < 1.29 is 5.11 Å². The third kappa shape index (κ3) is 3.10. The molecule has 0 radical (unpaired) electrons. The van der Waals surface area contributed by atoms with Crippen LogP contribution in [0.15, 0.2) is 0 Å². The zero-order valence-corrected chi connectivity index (χ0v) is 12.7. The molecule has 6 atom stereocenters. The van der Waals surface area contributed by atoms with Crippen LogP contribution < -0.4 is 0 Å². The minimum Gasteiger partial charge on any atom is -0.393 e. The van der Waals surface area contributed by atoms with Crippen molar-refractivity contribution in [3.05, 3.63) is 0 Å². The van der Waals surface area contributed by atoms with Crippen LogP contribution in [-0.2, 0) is 0 Å². The smallest absolute Gasteiger partial charge is 0.0571 e. The summed E-state index contributed by atoms with van der Waals surface area (Å²) < 4.78 is 0. The third-order valence-corrected chi connectivity index (χ3v) is 6.09. The van der Waals surface area contributed by atoms with E-state index in [9.17, 15) is 5.11 Å². The van der Waals surface area contributed by atoms with E-state index in [1.54, 1.807) is 0 Å². The molecule has 2 rings (SSSR count). The van der Waals surface area contributed by atoms with Crippen LogP contribution in [-0.4, -0.2) is 11.2 Å². The molecule has 0 saturated heterocycles. The van der Waals surface area contributed by atoms with Gasteiger partial charge in [0.1, 0.15) is 0 Å². The first kappa shape index (κ1) is 14.4. The topological polar surface area (TPSA) is 20.2 Å². The van der Waals surface area contributed by atoms with E-state index in [-0.39, 0.29) is 6.10 Å². The van der Waals surface area contributed by atoms with Gasteiger partial charge in [0.2, 0.25) is 0 Å². The Morgan fingerprint density at radius 2 is 1.61 bits per heavy atom. The van der Waals surface area contributed by atoms with Crippen LogP contribution in [0.1, 0.15) is 66.2 Å². The summed E-state index contributed by atoms with van der Waals surface area (Å²) in [7, 11) is 0. The first-order valence-corrected chi connectivity index (χ1v) is 8.17. The SMILES string of the molecule is CC(C)C1CCC(O)C(C2CCC(C)C(C)C2)C1. The Hall–Kier alpha value is -0.0400. The van der Waals surface area contributed by atoms with E-state index in [0.29, 0.717) is 5.92 Å². The quantitative estimate of drug-likeness (QED) is 0.767. The molecule has 1 heteroatoms. The van der Waals surface area contributed by atoms with Gasteiger partial charge in [-0.2, -0.15) is 0 Å². The molecule has 0 spiro atoms. The first-order valence-electron chi connectivity index (χ1n) is 8.17. The Labute approximate surface area is 113 Å². The van der Waals surface area contributed by atoms with Gasteiger partial charge in [0.05, 0.1) is 6.10 Å². The zero-order chi connectivity index (χ0) is 13.3. The maximum atomic E-state index is 10.4. The average Bonchev–Trinajstić information content (AvgIpc) is 2.33. The van der Waals surface area contributed by atoms with Crippen molar-refractivity contribution in [1.82, 2.24) is 0 Å². The van der Waals surface area contributed by atoms with Crippen LogP contribution in [0.2, 0.25) is 0 Å². The van der Waals surface area contributed by atoms with E-state index < -0.39 is 0 Å². The van der Waals surface area contributed by atoms with Gasteiger partial charge in [-0.25, -0.2) is 0 Å². The predicted octanol–water partition coefficient (Wildman–Crippen LogP) is 4.49. The van der Waals surface area contributed by atoms with Gasteiger partial charge in [0.15, 0.2) is 0 Å². The van der Waals surface area contributed by atoms with Crippen molar-refractivity contribution in [1.29, 1.82) is 0 Å². The highest BCUT2D eigenvalue weighted by molar-refractivity contribution is 4.88. The molecule has 1 N–H and O–H groups in total. The molecule has 106 valence electrons. The summed E-state index contributed by atoms with van der Waals surface area (Å²) in [5.74, 6) is 4.79. The van der Waals surface area contributed by atoms with Crippen molar-refractivity contribution in [2.75, 3.05) is 0 Å². The third-order valence-electron chi connectivity index (χ3n) is 6.09. The van der Waals surface area contributed by atoms with E-state index >= 15 is 0 Å². The van der Waals surface area contributed by atoms with Crippen LogP contribution in [0, 0.1) is 35.5 Å². The Morgan fingerprint density at radius 1 is 0.889 bits per heavy atom. The lowest BCUT2D eigenvalue weighted by Gasteiger charge is -2.43. The molecule has 0 aromatic heterocycles. The summed E-state index contributed by atoms with van der Waals surface area (Å²) in [6.07, 6.45) is 7.66. The lowest BCUT2D eigenvalue weighted by atomic mass is 9.64. The molecule has 18 heavy (non-hydrogen) atoms. The van der Waals surface area contributed by atoms with Crippen LogP contribution in [0.3, 0.4) is 0 Å². The molecule has 2 aliphatic carbocycles. The average molecular weight is 252 g/mol. The fraction of sp³-hybridized carbons (Fsp3) is 1.00. The molecular weight excluding hydrogens is 220 g/mol. The lowest BCUT2D eigenvalue weighted by Crippen LogP contribution is -2.38. The van der Waals surface area contributed by atoms with Crippen LogP contribution in [0.5, 0.6) is 0 Å². The molecule has 2 aliphatic rings.